The van der Waals surface area contributed by atoms with Crippen molar-refractivity contribution in [3.8, 4) is 0 Å². The minimum absolute atomic E-state index is 0.0549. The van der Waals surface area contributed by atoms with Crippen LogP contribution in [0.3, 0.4) is 0 Å². The molecule has 0 bridgehead atoms. The molecule has 16 heavy (non-hydrogen) atoms. The summed E-state index contributed by atoms with van der Waals surface area (Å²) < 4.78 is 1.24. The minimum atomic E-state index is -1.28. The highest BCUT2D eigenvalue weighted by Gasteiger charge is 2.18. The van der Waals surface area contributed by atoms with E-state index in [1.165, 1.54) is 24.9 Å². The van der Waals surface area contributed by atoms with Gasteiger partial charge in [-0.2, -0.15) is 5.10 Å². The zero-order chi connectivity index (χ0) is 12.1. The van der Waals surface area contributed by atoms with Crippen LogP contribution >= 0.6 is 0 Å². The molecular weight excluding hydrogens is 216 g/mol. The van der Waals surface area contributed by atoms with Crippen molar-refractivity contribution < 1.29 is 14.7 Å². The molecule has 0 saturated heterocycles. The van der Waals surface area contributed by atoms with Crippen LogP contribution in [0.15, 0.2) is 16.3 Å². The van der Waals surface area contributed by atoms with Crippen LogP contribution < -0.4 is 0 Å². The molecule has 1 aromatic heterocycles. The molecule has 1 rings (SSSR count). The van der Waals surface area contributed by atoms with E-state index in [1.807, 2.05) is 0 Å². The number of aryl methyl sites for hydroxylation is 1. The Labute approximate surface area is 89.6 Å². The van der Waals surface area contributed by atoms with Gasteiger partial charge in [0.15, 0.2) is 0 Å². The van der Waals surface area contributed by atoms with Crippen LogP contribution in [0.25, 0.3) is 10.4 Å². The summed E-state index contributed by atoms with van der Waals surface area (Å²) in [5.74, 6) is -1.10. The van der Waals surface area contributed by atoms with Gasteiger partial charge in [-0.05, 0) is 16.7 Å². The number of aromatic nitrogens is 2. The highest BCUT2D eigenvalue weighted by molar-refractivity contribution is 6.41. The van der Waals surface area contributed by atoms with Crippen molar-refractivity contribution >= 4 is 17.5 Å². The van der Waals surface area contributed by atoms with Crippen molar-refractivity contribution in [3.63, 3.8) is 0 Å². The summed E-state index contributed by atoms with van der Waals surface area (Å²) in [6, 6.07) is 1.30. The Morgan fingerprint density at radius 3 is 2.94 bits per heavy atom. The molecule has 0 atom stereocenters. The zero-order valence-corrected chi connectivity index (χ0v) is 8.52. The normalized spacial score (nSPS) is 10.8. The molecule has 0 amide bonds. The van der Waals surface area contributed by atoms with Crippen LogP contribution in [0.5, 0.6) is 0 Å². The number of oxime groups is 1. The molecular formula is C7H8N6O3. The summed E-state index contributed by atoms with van der Waals surface area (Å²) in [5.41, 5.74) is 7.94. The van der Waals surface area contributed by atoms with E-state index < -0.39 is 5.97 Å². The first-order valence-electron chi connectivity index (χ1n) is 4.04. The van der Waals surface area contributed by atoms with Crippen LogP contribution in [-0.2, 0) is 16.7 Å². The standard InChI is InChI=1S/C7H8N6O3/c1-13-5(9-12-8)3-4(10-13)6(7(14)15)11-16-2/h3H,1-2H3,(H,14,15). The van der Waals surface area contributed by atoms with Gasteiger partial charge in [0.2, 0.25) is 5.71 Å². The summed E-state index contributed by atoms with van der Waals surface area (Å²) in [5, 5.41) is 19.3. The number of nitrogens with zero attached hydrogens (tertiary/aromatic N) is 6. The van der Waals surface area contributed by atoms with Gasteiger partial charge in [-0.1, -0.05) is 5.16 Å². The van der Waals surface area contributed by atoms with Crippen molar-refractivity contribution in [1.82, 2.24) is 9.78 Å². The average molecular weight is 224 g/mol. The summed E-state index contributed by atoms with van der Waals surface area (Å²) in [6.45, 7) is 0. The topological polar surface area (TPSA) is 125 Å². The Balaban J connectivity index is 3.22. The van der Waals surface area contributed by atoms with Gasteiger partial charge in [-0.15, -0.1) is 0 Å². The quantitative estimate of drug-likeness (QED) is 0.267. The third-order valence-electron chi connectivity index (χ3n) is 1.63. The highest BCUT2D eigenvalue weighted by Crippen LogP contribution is 2.13. The molecule has 0 fully saturated rings. The van der Waals surface area contributed by atoms with Crippen LogP contribution in [-0.4, -0.2) is 33.7 Å². The van der Waals surface area contributed by atoms with E-state index in [0.717, 1.165) is 0 Å². The zero-order valence-electron chi connectivity index (χ0n) is 8.52. The van der Waals surface area contributed by atoms with Crippen molar-refractivity contribution in [3.05, 3.63) is 22.2 Å². The predicted octanol–water partition coefficient (Wildman–Crippen LogP) is 0.797. The molecule has 0 saturated carbocycles. The minimum Gasteiger partial charge on any atom is -0.476 e. The van der Waals surface area contributed by atoms with Crippen molar-refractivity contribution in [2.24, 2.45) is 17.3 Å². The number of carbonyl (C=O) groups is 1. The average Bonchev–Trinajstić information content (AvgIpc) is 2.57. The fraction of sp³-hybridized carbons (Fsp3) is 0.286. The Kier molecular flexibility index (Phi) is 3.46. The SMILES string of the molecule is CON=C(C(=O)O)c1cc(N=[N+]=[N-])n(C)n1. The first-order chi connectivity index (χ1) is 7.60. The number of carboxylic acids is 1. The molecule has 0 aliphatic carbocycles. The van der Waals surface area contributed by atoms with Gasteiger partial charge >= 0.3 is 5.97 Å². The Morgan fingerprint density at radius 1 is 1.75 bits per heavy atom. The summed E-state index contributed by atoms with van der Waals surface area (Å²) in [6.07, 6.45) is 0. The fourth-order valence-corrected chi connectivity index (χ4v) is 0.999. The van der Waals surface area contributed by atoms with Gasteiger partial charge in [0.25, 0.3) is 0 Å². The van der Waals surface area contributed by atoms with E-state index in [-0.39, 0.29) is 17.2 Å². The monoisotopic (exact) mass is 224 g/mol. The lowest BCUT2D eigenvalue weighted by molar-refractivity contribution is -0.129. The first-order valence-corrected chi connectivity index (χ1v) is 4.04. The maximum Gasteiger partial charge on any atom is 0.360 e. The smallest absolute Gasteiger partial charge is 0.360 e. The van der Waals surface area contributed by atoms with Crippen LogP contribution in [0.4, 0.5) is 5.82 Å². The molecule has 0 unspecified atom stereocenters. The van der Waals surface area contributed by atoms with Gasteiger partial charge in [-0.3, -0.25) is 4.68 Å². The van der Waals surface area contributed by atoms with Gasteiger partial charge in [-0.25, -0.2) is 4.79 Å². The number of azide groups is 1. The van der Waals surface area contributed by atoms with E-state index in [0.29, 0.717) is 0 Å². The number of rotatable bonds is 4. The molecule has 1 N–H and O–H groups in total. The maximum atomic E-state index is 10.8. The van der Waals surface area contributed by atoms with Gasteiger partial charge in [0.1, 0.15) is 18.6 Å². The highest BCUT2D eigenvalue weighted by atomic mass is 16.6. The largest absolute Gasteiger partial charge is 0.476 e. The van der Waals surface area contributed by atoms with Crippen LogP contribution in [0.2, 0.25) is 0 Å². The second-order valence-corrected chi connectivity index (χ2v) is 2.63. The number of hydrogen-bond acceptors (Lipinski definition) is 5. The Hall–Kier alpha value is -2.54. The van der Waals surface area contributed by atoms with Crippen LogP contribution in [0.1, 0.15) is 5.69 Å². The molecule has 84 valence electrons. The van der Waals surface area contributed by atoms with E-state index in [9.17, 15) is 4.79 Å². The summed E-state index contributed by atoms with van der Waals surface area (Å²) in [4.78, 5) is 17.8. The molecule has 0 spiro atoms. The first kappa shape index (κ1) is 11.5. The number of carboxylic acid groups (broad SMARTS) is 1. The number of hydrogen-bond donors (Lipinski definition) is 1. The Morgan fingerprint density at radius 2 is 2.44 bits per heavy atom. The van der Waals surface area contributed by atoms with Gasteiger partial charge < -0.3 is 9.94 Å². The second-order valence-electron chi connectivity index (χ2n) is 2.63. The third-order valence-corrected chi connectivity index (χ3v) is 1.63. The van der Waals surface area contributed by atoms with Crippen molar-refractivity contribution in [1.29, 1.82) is 0 Å². The molecule has 0 aliphatic rings. The predicted molar refractivity (Wildman–Crippen MR) is 53.2 cm³/mol. The number of aliphatic carboxylic acids is 1. The van der Waals surface area contributed by atoms with Gasteiger partial charge in [0.05, 0.1) is 0 Å². The molecule has 9 heteroatoms. The second kappa shape index (κ2) is 4.80. The van der Waals surface area contributed by atoms with E-state index in [4.69, 9.17) is 10.6 Å². The molecule has 1 aromatic rings. The van der Waals surface area contributed by atoms with Crippen LogP contribution in [0, 0.1) is 0 Å². The molecule has 9 nitrogen and oxygen atoms in total. The fourth-order valence-electron chi connectivity index (χ4n) is 0.999. The van der Waals surface area contributed by atoms with Crippen molar-refractivity contribution in [2.75, 3.05) is 7.11 Å². The lowest BCUT2D eigenvalue weighted by Gasteiger charge is -1.94. The molecule has 1 heterocycles. The van der Waals surface area contributed by atoms with Crippen molar-refractivity contribution in [2.45, 2.75) is 0 Å². The molecule has 0 aromatic carbocycles. The van der Waals surface area contributed by atoms with Gasteiger partial charge in [0, 0.05) is 12.0 Å². The molecule has 0 radical (unpaired) electrons. The third kappa shape index (κ3) is 2.28. The van der Waals surface area contributed by atoms with E-state index in [1.54, 1.807) is 0 Å². The maximum absolute atomic E-state index is 10.8. The lowest BCUT2D eigenvalue weighted by atomic mass is 10.3. The summed E-state index contributed by atoms with van der Waals surface area (Å²) in [7, 11) is 2.74. The van der Waals surface area contributed by atoms with E-state index >= 15 is 0 Å². The summed E-state index contributed by atoms with van der Waals surface area (Å²) >= 11 is 0. The lowest BCUT2D eigenvalue weighted by Crippen LogP contribution is -2.15. The Bertz CT molecular complexity index is 484. The molecule has 0 aliphatic heterocycles. The van der Waals surface area contributed by atoms with E-state index in [2.05, 4.69) is 25.1 Å².